The molecular formula is C14H20BrNO. The molecule has 1 aliphatic rings. The standard InChI is InChI=1S/C14H20BrNO/c1-10-3-8-14(13(15)9-10)16-11-4-6-12(17-2)7-5-11/h3,8-9,11-12,16H,4-7H2,1-2H3. The van der Waals surface area contributed by atoms with E-state index in [9.17, 15) is 0 Å². The van der Waals surface area contributed by atoms with Gasteiger partial charge in [-0.15, -0.1) is 0 Å². The van der Waals surface area contributed by atoms with Gasteiger partial charge in [0, 0.05) is 23.3 Å². The van der Waals surface area contributed by atoms with Gasteiger partial charge in [0.25, 0.3) is 0 Å². The first-order chi connectivity index (χ1) is 8.19. The third-order valence-corrected chi connectivity index (χ3v) is 4.15. The number of hydrogen-bond acceptors (Lipinski definition) is 2. The molecule has 0 heterocycles. The summed E-state index contributed by atoms with van der Waals surface area (Å²) in [5.74, 6) is 0. The molecule has 0 aliphatic heterocycles. The molecule has 0 bridgehead atoms. The van der Waals surface area contributed by atoms with E-state index in [4.69, 9.17) is 4.74 Å². The molecule has 0 unspecified atom stereocenters. The van der Waals surface area contributed by atoms with Crippen LogP contribution in [0.2, 0.25) is 0 Å². The maximum Gasteiger partial charge on any atom is 0.0572 e. The molecule has 17 heavy (non-hydrogen) atoms. The summed E-state index contributed by atoms with van der Waals surface area (Å²) in [6.07, 6.45) is 5.18. The second-order valence-electron chi connectivity index (χ2n) is 4.84. The predicted octanol–water partition coefficient (Wildman–Crippen LogP) is 4.13. The van der Waals surface area contributed by atoms with E-state index < -0.39 is 0 Å². The molecule has 0 spiro atoms. The van der Waals surface area contributed by atoms with E-state index >= 15 is 0 Å². The first-order valence-electron chi connectivity index (χ1n) is 6.24. The van der Waals surface area contributed by atoms with Gasteiger partial charge in [0.2, 0.25) is 0 Å². The zero-order valence-electron chi connectivity index (χ0n) is 10.5. The molecule has 0 aromatic heterocycles. The van der Waals surface area contributed by atoms with Crippen molar-refractivity contribution >= 4 is 21.6 Å². The molecule has 0 atom stereocenters. The van der Waals surface area contributed by atoms with Gasteiger partial charge in [0.1, 0.15) is 0 Å². The van der Waals surface area contributed by atoms with Gasteiger partial charge in [0.15, 0.2) is 0 Å². The van der Waals surface area contributed by atoms with Crippen LogP contribution in [0.1, 0.15) is 31.2 Å². The number of hydrogen-bond donors (Lipinski definition) is 1. The number of halogens is 1. The Morgan fingerprint density at radius 1 is 1.24 bits per heavy atom. The van der Waals surface area contributed by atoms with E-state index in [2.05, 4.69) is 46.4 Å². The molecule has 1 saturated carbocycles. The maximum atomic E-state index is 5.39. The van der Waals surface area contributed by atoms with Gasteiger partial charge in [-0.3, -0.25) is 0 Å². The van der Waals surface area contributed by atoms with Crippen LogP contribution in [0.25, 0.3) is 0 Å². The molecule has 1 aromatic rings. The van der Waals surface area contributed by atoms with Crippen LogP contribution in [0.3, 0.4) is 0 Å². The lowest BCUT2D eigenvalue weighted by molar-refractivity contribution is 0.0682. The van der Waals surface area contributed by atoms with Crippen LogP contribution >= 0.6 is 15.9 Å². The summed E-state index contributed by atoms with van der Waals surface area (Å²) in [6, 6.07) is 7.04. The average Bonchev–Trinajstić information content (AvgIpc) is 2.34. The van der Waals surface area contributed by atoms with E-state index in [1.54, 1.807) is 0 Å². The summed E-state index contributed by atoms with van der Waals surface area (Å²) in [6.45, 7) is 2.11. The Kier molecular flexibility index (Phi) is 4.46. The number of aryl methyl sites for hydroxylation is 1. The Morgan fingerprint density at radius 3 is 2.53 bits per heavy atom. The molecule has 0 radical (unpaired) electrons. The summed E-state index contributed by atoms with van der Waals surface area (Å²) in [5.41, 5.74) is 2.49. The Balaban J connectivity index is 1.93. The van der Waals surface area contributed by atoms with Crippen LogP contribution < -0.4 is 5.32 Å². The predicted molar refractivity (Wildman–Crippen MR) is 75.6 cm³/mol. The van der Waals surface area contributed by atoms with E-state index in [1.165, 1.54) is 24.1 Å². The van der Waals surface area contributed by atoms with E-state index in [0.717, 1.165) is 17.3 Å². The van der Waals surface area contributed by atoms with Crippen molar-refractivity contribution in [3.05, 3.63) is 28.2 Å². The largest absolute Gasteiger partial charge is 0.381 e. The van der Waals surface area contributed by atoms with Crippen molar-refractivity contribution in [2.45, 2.75) is 44.8 Å². The van der Waals surface area contributed by atoms with Gasteiger partial charge >= 0.3 is 0 Å². The van der Waals surface area contributed by atoms with E-state index in [-0.39, 0.29) is 0 Å². The van der Waals surface area contributed by atoms with Crippen molar-refractivity contribution < 1.29 is 4.74 Å². The fraction of sp³-hybridized carbons (Fsp3) is 0.571. The summed E-state index contributed by atoms with van der Waals surface area (Å²) >= 11 is 3.61. The van der Waals surface area contributed by atoms with Gasteiger partial charge in [-0.25, -0.2) is 0 Å². The van der Waals surface area contributed by atoms with Gasteiger partial charge in [-0.2, -0.15) is 0 Å². The van der Waals surface area contributed by atoms with Crippen molar-refractivity contribution in [3.8, 4) is 0 Å². The third kappa shape index (κ3) is 3.46. The minimum Gasteiger partial charge on any atom is -0.381 e. The summed E-state index contributed by atoms with van der Waals surface area (Å²) < 4.78 is 6.55. The quantitative estimate of drug-likeness (QED) is 0.906. The van der Waals surface area contributed by atoms with Gasteiger partial charge in [-0.05, 0) is 66.2 Å². The molecule has 94 valence electrons. The first-order valence-corrected chi connectivity index (χ1v) is 7.04. The molecular weight excluding hydrogens is 278 g/mol. The molecule has 1 aromatic carbocycles. The maximum absolute atomic E-state index is 5.39. The lowest BCUT2D eigenvalue weighted by Gasteiger charge is -2.29. The molecule has 1 aliphatic carbocycles. The molecule has 1 N–H and O–H groups in total. The minimum absolute atomic E-state index is 0.467. The molecule has 2 rings (SSSR count). The van der Waals surface area contributed by atoms with E-state index in [1.807, 2.05) is 7.11 Å². The van der Waals surface area contributed by atoms with Crippen LogP contribution in [0.5, 0.6) is 0 Å². The smallest absolute Gasteiger partial charge is 0.0572 e. The zero-order chi connectivity index (χ0) is 12.3. The number of methoxy groups -OCH3 is 1. The Hall–Kier alpha value is -0.540. The first kappa shape index (κ1) is 12.9. The highest BCUT2D eigenvalue weighted by Crippen LogP contribution is 2.28. The molecule has 3 heteroatoms. The number of ether oxygens (including phenoxy) is 1. The van der Waals surface area contributed by atoms with Crippen molar-refractivity contribution in [1.82, 2.24) is 0 Å². The van der Waals surface area contributed by atoms with Crippen LogP contribution in [0.4, 0.5) is 5.69 Å². The second-order valence-corrected chi connectivity index (χ2v) is 5.69. The lowest BCUT2D eigenvalue weighted by Crippen LogP contribution is -2.29. The van der Waals surface area contributed by atoms with Gasteiger partial charge in [-0.1, -0.05) is 6.07 Å². The molecule has 2 nitrogen and oxygen atoms in total. The summed E-state index contributed by atoms with van der Waals surface area (Å²) in [4.78, 5) is 0. The van der Waals surface area contributed by atoms with Crippen molar-refractivity contribution in [2.24, 2.45) is 0 Å². The highest BCUT2D eigenvalue weighted by molar-refractivity contribution is 9.10. The highest BCUT2D eigenvalue weighted by atomic mass is 79.9. The molecule has 0 amide bonds. The van der Waals surface area contributed by atoms with Crippen molar-refractivity contribution in [3.63, 3.8) is 0 Å². The topological polar surface area (TPSA) is 21.3 Å². The van der Waals surface area contributed by atoms with Gasteiger partial charge < -0.3 is 10.1 Å². The van der Waals surface area contributed by atoms with Crippen LogP contribution in [-0.4, -0.2) is 19.3 Å². The van der Waals surface area contributed by atoms with Crippen LogP contribution in [0, 0.1) is 6.92 Å². The number of anilines is 1. The number of nitrogens with one attached hydrogen (secondary N) is 1. The van der Waals surface area contributed by atoms with Crippen molar-refractivity contribution in [2.75, 3.05) is 12.4 Å². The molecule has 1 fully saturated rings. The fourth-order valence-electron chi connectivity index (χ4n) is 2.40. The van der Waals surface area contributed by atoms with E-state index in [0.29, 0.717) is 12.1 Å². The zero-order valence-corrected chi connectivity index (χ0v) is 12.1. The van der Waals surface area contributed by atoms with Crippen molar-refractivity contribution in [1.29, 1.82) is 0 Å². The Bertz CT molecular complexity index is 372. The number of rotatable bonds is 3. The number of benzene rings is 1. The Labute approximate surface area is 112 Å². The fourth-order valence-corrected chi connectivity index (χ4v) is 3.01. The normalized spacial score (nSPS) is 24.6. The highest BCUT2D eigenvalue weighted by Gasteiger charge is 2.20. The Morgan fingerprint density at radius 2 is 1.94 bits per heavy atom. The van der Waals surface area contributed by atoms with Crippen LogP contribution in [0.15, 0.2) is 22.7 Å². The van der Waals surface area contributed by atoms with Gasteiger partial charge in [0.05, 0.1) is 6.10 Å². The monoisotopic (exact) mass is 297 g/mol. The molecule has 0 saturated heterocycles. The summed E-state index contributed by atoms with van der Waals surface area (Å²) in [7, 11) is 1.81. The average molecular weight is 298 g/mol. The summed E-state index contributed by atoms with van der Waals surface area (Å²) in [5, 5.41) is 3.62. The van der Waals surface area contributed by atoms with Crippen LogP contribution in [-0.2, 0) is 4.74 Å². The lowest BCUT2D eigenvalue weighted by atomic mass is 9.93. The SMILES string of the molecule is COC1CCC(Nc2ccc(C)cc2Br)CC1. The third-order valence-electron chi connectivity index (χ3n) is 3.49. The minimum atomic E-state index is 0.467. The second kappa shape index (κ2) is 5.87.